The molecular formula is C21H25N5O3. The van der Waals surface area contributed by atoms with E-state index in [2.05, 4.69) is 14.8 Å². The molecule has 0 amide bonds. The van der Waals surface area contributed by atoms with Crippen molar-refractivity contribution in [3.63, 3.8) is 0 Å². The van der Waals surface area contributed by atoms with Crippen LogP contribution < -0.4 is 16.0 Å². The van der Waals surface area contributed by atoms with E-state index >= 15 is 0 Å². The fourth-order valence-electron chi connectivity index (χ4n) is 3.78. The van der Waals surface area contributed by atoms with Crippen LogP contribution in [0.3, 0.4) is 0 Å². The summed E-state index contributed by atoms with van der Waals surface area (Å²) in [7, 11) is 1.77. The van der Waals surface area contributed by atoms with Crippen molar-refractivity contribution in [1.29, 1.82) is 0 Å². The van der Waals surface area contributed by atoms with Gasteiger partial charge in [-0.2, -0.15) is 0 Å². The van der Waals surface area contributed by atoms with E-state index in [1.807, 2.05) is 30.5 Å². The maximum atomic E-state index is 12.4. The molecule has 8 nitrogen and oxygen atoms in total. The average Bonchev–Trinajstić information content (AvgIpc) is 2.73. The Bertz CT molecular complexity index is 1130. The Hall–Kier alpha value is -2.97. The van der Waals surface area contributed by atoms with E-state index in [9.17, 15) is 9.59 Å². The van der Waals surface area contributed by atoms with Crippen LogP contribution in [0.15, 0.2) is 52.4 Å². The summed E-state index contributed by atoms with van der Waals surface area (Å²) in [6.45, 7) is 4.61. The zero-order valence-electron chi connectivity index (χ0n) is 16.5. The van der Waals surface area contributed by atoms with Gasteiger partial charge in [0, 0.05) is 57.7 Å². The van der Waals surface area contributed by atoms with E-state index in [0.29, 0.717) is 10.9 Å². The summed E-state index contributed by atoms with van der Waals surface area (Å²) in [4.78, 5) is 33.0. The molecule has 1 saturated heterocycles. The number of rotatable bonds is 5. The minimum absolute atomic E-state index is 0.00611. The second-order valence-corrected chi connectivity index (χ2v) is 7.42. The highest BCUT2D eigenvalue weighted by Crippen LogP contribution is 2.21. The van der Waals surface area contributed by atoms with Crippen LogP contribution in [0.4, 0.5) is 5.69 Å². The first kappa shape index (κ1) is 19.4. The van der Waals surface area contributed by atoms with E-state index in [1.54, 1.807) is 17.7 Å². The number of hydrogen-bond acceptors (Lipinski definition) is 6. The molecule has 0 aliphatic carbocycles. The van der Waals surface area contributed by atoms with Crippen molar-refractivity contribution < 1.29 is 5.11 Å². The number of hydrogen-bond donors (Lipinski definition) is 1. The second kappa shape index (κ2) is 8.18. The third-order valence-electron chi connectivity index (χ3n) is 5.44. The number of nitrogens with zero attached hydrogens (tertiary/aromatic N) is 5. The van der Waals surface area contributed by atoms with Crippen LogP contribution in [-0.2, 0) is 20.1 Å². The van der Waals surface area contributed by atoms with Gasteiger partial charge in [-0.3, -0.25) is 19.1 Å². The molecule has 3 heterocycles. The molecule has 0 bridgehead atoms. The lowest BCUT2D eigenvalue weighted by Crippen LogP contribution is -2.46. The molecule has 1 aliphatic rings. The first-order valence-electron chi connectivity index (χ1n) is 9.78. The predicted octanol–water partition coefficient (Wildman–Crippen LogP) is 0.410. The molecule has 4 rings (SSSR count). The maximum Gasteiger partial charge on any atom is 0.261 e. The van der Waals surface area contributed by atoms with Gasteiger partial charge in [0.25, 0.3) is 5.56 Å². The highest BCUT2D eigenvalue weighted by atomic mass is 16.3. The average molecular weight is 395 g/mol. The molecule has 1 aromatic carbocycles. The van der Waals surface area contributed by atoms with Crippen molar-refractivity contribution in [2.75, 3.05) is 37.7 Å². The lowest BCUT2D eigenvalue weighted by atomic mass is 10.2. The predicted molar refractivity (Wildman–Crippen MR) is 112 cm³/mol. The van der Waals surface area contributed by atoms with E-state index in [1.165, 1.54) is 10.9 Å². The summed E-state index contributed by atoms with van der Waals surface area (Å²) in [6.07, 6.45) is 3.39. The van der Waals surface area contributed by atoms with Gasteiger partial charge >= 0.3 is 0 Å². The maximum absolute atomic E-state index is 12.4. The monoisotopic (exact) mass is 395 g/mol. The molecular weight excluding hydrogens is 370 g/mol. The fourth-order valence-corrected chi connectivity index (χ4v) is 3.78. The van der Waals surface area contributed by atoms with E-state index < -0.39 is 0 Å². The van der Waals surface area contributed by atoms with Crippen LogP contribution in [0, 0.1) is 0 Å². The topological polar surface area (TPSA) is 83.6 Å². The number of pyridine rings is 1. The van der Waals surface area contributed by atoms with Crippen LogP contribution in [0.1, 0.15) is 5.56 Å². The van der Waals surface area contributed by atoms with Crippen molar-refractivity contribution in [3.05, 3.63) is 69.1 Å². The number of aromatic nitrogens is 3. The van der Waals surface area contributed by atoms with Crippen LogP contribution in [0.5, 0.6) is 0 Å². The molecule has 0 radical (unpaired) electrons. The van der Waals surface area contributed by atoms with Gasteiger partial charge < -0.3 is 14.6 Å². The Kier molecular flexibility index (Phi) is 5.46. The second-order valence-electron chi connectivity index (χ2n) is 7.42. The van der Waals surface area contributed by atoms with E-state index in [4.69, 9.17) is 5.11 Å². The van der Waals surface area contributed by atoms with Crippen LogP contribution >= 0.6 is 0 Å². The summed E-state index contributed by atoms with van der Waals surface area (Å²) in [6, 6.07) is 9.26. The summed E-state index contributed by atoms with van der Waals surface area (Å²) in [5.74, 6) is 0. The summed E-state index contributed by atoms with van der Waals surface area (Å²) in [5.41, 5.74) is 2.75. The Morgan fingerprint density at radius 3 is 2.59 bits per heavy atom. The van der Waals surface area contributed by atoms with Gasteiger partial charge in [0.2, 0.25) is 5.56 Å². The Morgan fingerprint density at radius 2 is 1.86 bits per heavy atom. The molecule has 152 valence electrons. The Balaban J connectivity index is 1.44. The van der Waals surface area contributed by atoms with Crippen LogP contribution in [0.25, 0.3) is 10.9 Å². The SMILES string of the molecule is Cn1cc(CN2CCN(c3ccc4c(=O)n(CCO)cnc4c3)CC2)ccc1=O. The molecule has 0 saturated carbocycles. The molecule has 8 heteroatoms. The number of fused-ring (bicyclic) bond motifs is 1. The minimum atomic E-state index is -0.127. The smallest absolute Gasteiger partial charge is 0.261 e. The first-order chi connectivity index (χ1) is 14.0. The van der Waals surface area contributed by atoms with Crippen LogP contribution in [-0.4, -0.2) is 56.9 Å². The lowest BCUT2D eigenvalue weighted by molar-refractivity contribution is 0.249. The normalized spacial score (nSPS) is 15.2. The number of anilines is 1. The van der Waals surface area contributed by atoms with Gasteiger partial charge in [0.05, 0.1) is 30.4 Å². The molecule has 1 aliphatic heterocycles. The first-order valence-corrected chi connectivity index (χ1v) is 9.78. The molecule has 1 fully saturated rings. The van der Waals surface area contributed by atoms with Crippen molar-refractivity contribution >= 4 is 16.6 Å². The van der Waals surface area contributed by atoms with E-state index in [-0.39, 0.29) is 24.3 Å². The summed E-state index contributed by atoms with van der Waals surface area (Å²) in [5, 5.41) is 9.63. The molecule has 0 atom stereocenters. The van der Waals surface area contributed by atoms with Crippen molar-refractivity contribution in [2.24, 2.45) is 7.05 Å². The molecule has 3 aromatic rings. The Labute approximate surface area is 168 Å². The van der Waals surface area contributed by atoms with Gasteiger partial charge in [-0.05, 0) is 23.8 Å². The number of aliphatic hydroxyl groups excluding tert-OH is 1. The minimum Gasteiger partial charge on any atom is -0.395 e. The third kappa shape index (κ3) is 4.08. The number of piperazine rings is 1. The lowest BCUT2D eigenvalue weighted by Gasteiger charge is -2.36. The number of aliphatic hydroxyl groups is 1. The standard InChI is InChI=1S/C21H25N5O3/c1-23-13-16(2-5-20(23)28)14-24-6-8-25(9-7-24)17-3-4-18-19(12-17)22-15-26(10-11-27)21(18)29/h2-5,12-13,15,27H,6-11,14H2,1H3. The molecule has 2 aromatic heterocycles. The third-order valence-corrected chi connectivity index (χ3v) is 5.44. The van der Waals surface area contributed by atoms with Crippen molar-refractivity contribution in [3.8, 4) is 0 Å². The van der Waals surface area contributed by atoms with Gasteiger partial charge in [-0.25, -0.2) is 4.98 Å². The Morgan fingerprint density at radius 1 is 1.07 bits per heavy atom. The molecule has 29 heavy (non-hydrogen) atoms. The zero-order chi connectivity index (χ0) is 20.4. The van der Waals surface area contributed by atoms with Crippen LogP contribution in [0.2, 0.25) is 0 Å². The molecule has 1 N–H and O–H groups in total. The molecule has 0 unspecified atom stereocenters. The number of benzene rings is 1. The highest BCUT2D eigenvalue weighted by molar-refractivity contribution is 5.81. The van der Waals surface area contributed by atoms with Gasteiger partial charge in [0.15, 0.2) is 0 Å². The van der Waals surface area contributed by atoms with Gasteiger partial charge in [0.1, 0.15) is 0 Å². The van der Waals surface area contributed by atoms with E-state index in [0.717, 1.165) is 44.0 Å². The summed E-state index contributed by atoms with van der Waals surface area (Å²) >= 11 is 0. The quantitative estimate of drug-likeness (QED) is 0.674. The van der Waals surface area contributed by atoms with Crippen molar-refractivity contribution in [2.45, 2.75) is 13.1 Å². The van der Waals surface area contributed by atoms with Gasteiger partial charge in [-0.1, -0.05) is 6.07 Å². The molecule has 0 spiro atoms. The zero-order valence-corrected chi connectivity index (χ0v) is 16.5. The highest BCUT2D eigenvalue weighted by Gasteiger charge is 2.18. The van der Waals surface area contributed by atoms with Gasteiger partial charge in [-0.15, -0.1) is 0 Å². The largest absolute Gasteiger partial charge is 0.395 e. The van der Waals surface area contributed by atoms with Crippen molar-refractivity contribution in [1.82, 2.24) is 19.0 Å². The number of aryl methyl sites for hydroxylation is 1. The summed E-state index contributed by atoms with van der Waals surface area (Å²) < 4.78 is 3.04. The fraction of sp³-hybridized carbons (Fsp3) is 0.381.